The molecular formula is C14H24N2O. The third kappa shape index (κ3) is 3.70. The minimum absolute atomic E-state index is 0.0723. The Morgan fingerprint density at radius 1 is 1.29 bits per heavy atom. The molecule has 0 aliphatic carbocycles. The maximum absolute atomic E-state index is 12.1. The molecule has 0 aromatic carbocycles. The predicted octanol–water partition coefficient (Wildman–Crippen LogP) is 2.30. The van der Waals surface area contributed by atoms with Crippen LogP contribution in [0.4, 0.5) is 0 Å². The fourth-order valence-corrected chi connectivity index (χ4v) is 2.29. The van der Waals surface area contributed by atoms with Gasteiger partial charge in [-0.25, -0.2) is 0 Å². The summed E-state index contributed by atoms with van der Waals surface area (Å²) in [5.74, 6) is 1.18. The number of hydrogen-bond donors (Lipinski definition) is 1. The molecule has 1 atom stereocenters. The topological polar surface area (TPSA) is 48.0 Å². The van der Waals surface area contributed by atoms with Gasteiger partial charge in [0.2, 0.25) is 0 Å². The Morgan fingerprint density at radius 3 is 2.47 bits per heavy atom. The Labute approximate surface area is 104 Å². The SMILES string of the molecule is Cc1ccc(CN)c(=O)n1CC(C)CC(C)C. The third-order valence-corrected chi connectivity index (χ3v) is 3.06. The van der Waals surface area contributed by atoms with Crippen LogP contribution in [0, 0.1) is 18.8 Å². The molecule has 17 heavy (non-hydrogen) atoms. The van der Waals surface area contributed by atoms with Crippen LogP contribution in [-0.2, 0) is 13.1 Å². The average molecular weight is 236 g/mol. The van der Waals surface area contributed by atoms with E-state index in [1.54, 1.807) is 0 Å². The molecule has 0 bridgehead atoms. The van der Waals surface area contributed by atoms with Crippen LogP contribution in [-0.4, -0.2) is 4.57 Å². The lowest BCUT2D eigenvalue weighted by Gasteiger charge is -2.18. The van der Waals surface area contributed by atoms with Gasteiger partial charge in [0.05, 0.1) is 0 Å². The first kappa shape index (κ1) is 14.0. The van der Waals surface area contributed by atoms with Gasteiger partial charge in [-0.05, 0) is 31.2 Å². The van der Waals surface area contributed by atoms with E-state index in [1.165, 1.54) is 0 Å². The fourth-order valence-electron chi connectivity index (χ4n) is 2.29. The van der Waals surface area contributed by atoms with E-state index in [4.69, 9.17) is 5.73 Å². The standard InChI is InChI=1S/C14H24N2O/c1-10(2)7-11(3)9-16-12(4)5-6-13(8-15)14(16)17/h5-6,10-11H,7-9,15H2,1-4H3. The average Bonchev–Trinajstić information content (AvgIpc) is 2.23. The molecule has 0 saturated carbocycles. The van der Waals surface area contributed by atoms with Crippen molar-refractivity contribution in [2.45, 2.75) is 47.2 Å². The van der Waals surface area contributed by atoms with E-state index in [1.807, 2.05) is 23.6 Å². The maximum Gasteiger partial charge on any atom is 0.255 e. The molecule has 0 amide bonds. The van der Waals surface area contributed by atoms with Crippen LogP contribution in [0.2, 0.25) is 0 Å². The number of rotatable bonds is 5. The first-order chi connectivity index (χ1) is 7.95. The van der Waals surface area contributed by atoms with E-state index >= 15 is 0 Å². The van der Waals surface area contributed by atoms with Crippen LogP contribution in [0.15, 0.2) is 16.9 Å². The fraction of sp³-hybridized carbons (Fsp3) is 0.643. The summed E-state index contributed by atoms with van der Waals surface area (Å²) in [6.45, 7) is 9.70. The summed E-state index contributed by atoms with van der Waals surface area (Å²) in [4.78, 5) is 12.1. The minimum Gasteiger partial charge on any atom is -0.326 e. The molecule has 0 aliphatic rings. The van der Waals surface area contributed by atoms with Crippen molar-refractivity contribution in [2.24, 2.45) is 17.6 Å². The van der Waals surface area contributed by atoms with Crippen molar-refractivity contribution in [3.63, 3.8) is 0 Å². The molecule has 3 nitrogen and oxygen atoms in total. The highest BCUT2D eigenvalue weighted by Gasteiger charge is 2.10. The van der Waals surface area contributed by atoms with Crippen molar-refractivity contribution in [1.82, 2.24) is 4.57 Å². The number of pyridine rings is 1. The third-order valence-electron chi connectivity index (χ3n) is 3.06. The molecule has 96 valence electrons. The summed E-state index contributed by atoms with van der Waals surface area (Å²) in [7, 11) is 0. The first-order valence-corrected chi connectivity index (χ1v) is 6.35. The second-order valence-electron chi connectivity index (χ2n) is 5.35. The zero-order valence-corrected chi connectivity index (χ0v) is 11.4. The van der Waals surface area contributed by atoms with Crippen LogP contribution >= 0.6 is 0 Å². The Kier molecular flexibility index (Phi) is 4.94. The van der Waals surface area contributed by atoms with Crippen LogP contribution in [0.5, 0.6) is 0 Å². The Morgan fingerprint density at radius 2 is 1.94 bits per heavy atom. The Balaban J connectivity index is 2.94. The molecule has 1 unspecified atom stereocenters. The second-order valence-corrected chi connectivity index (χ2v) is 5.35. The van der Waals surface area contributed by atoms with Gasteiger partial charge in [-0.1, -0.05) is 26.8 Å². The predicted molar refractivity (Wildman–Crippen MR) is 71.9 cm³/mol. The molecule has 1 aromatic heterocycles. The summed E-state index contributed by atoms with van der Waals surface area (Å²) in [5, 5.41) is 0. The zero-order valence-electron chi connectivity index (χ0n) is 11.4. The van der Waals surface area contributed by atoms with E-state index in [-0.39, 0.29) is 5.56 Å². The van der Waals surface area contributed by atoms with Gasteiger partial charge in [0, 0.05) is 24.3 Å². The molecule has 0 fully saturated rings. The summed E-state index contributed by atoms with van der Waals surface area (Å²) in [6, 6.07) is 3.81. The normalized spacial score (nSPS) is 13.1. The largest absolute Gasteiger partial charge is 0.326 e. The van der Waals surface area contributed by atoms with Gasteiger partial charge < -0.3 is 10.3 Å². The number of aryl methyl sites for hydroxylation is 1. The second kappa shape index (κ2) is 6.01. The molecule has 0 radical (unpaired) electrons. The minimum atomic E-state index is 0.0723. The quantitative estimate of drug-likeness (QED) is 0.852. The van der Waals surface area contributed by atoms with Crippen molar-refractivity contribution < 1.29 is 0 Å². The van der Waals surface area contributed by atoms with Crippen molar-refractivity contribution >= 4 is 0 Å². The monoisotopic (exact) mass is 236 g/mol. The molecule has 1 rings (SSSR count). The highest BCUT2D eigenvalue weighted by atomic mass is 16.1. The van der Waals surface area contributed by atoms with Gasteiger partial charge >= 0.3 is 0 Å². The molecule has 0 saturated heterocycles. The van der Waals surface area contributed by atoms with Gasteiger partial charge in [-0.15, -0.1) is 0 Å². The van der Waals surface area contributed by atoms with E-state index in [2.05, 4.69) is 20.8 Å². The lowest BCUT2D eigenvalue weighted by Crippen LogP contribution is -2.29. The Hall–Kier alpha value is -1.09. The van der Waals surface area contributed by atoms with Gasteiger partial charge in [0.25, 0.3) is 5.56 Å². The highest BCUT2D eigenvalue weighted by Crippen LogP contribution is 2.13. The molecule has 2 N–H and O–H groups in total. The van der Waals surface area contributed by atoms with E-state index in [0.29, 0.717) is 23.9 Å². The van der Waals surface area contributed by atoms with Gasteiger partial charge in [-0.2, -0.15) is 0 Å². The van der Waals surface area contributed by atoms with Crippen molar-refractivity contribution in [1.29, 1.82) is 0 Å². The summed E-state index contributed by atoms with van der Waals surface area (Å²) >= 11 is 0. The molecule has 3 heteroatoms. The molecular weight excluding hydrogens is 212 g/mol. The lowest BCUT2D eigenvalue weighted by atomic mass is 9.98. The van der Waals surface area contributed by atoms with Crippen molar-refractivity contribution in [2.75, 3.05) is 0 Å². The molecule has 1 aromatic rings. The van der Waals surface area contributed by atoms with Crippen molar-refractivity contribution in [3.05, 3.63) is 33.7 Å². The lowest BCUT2D eigenvalue weighted by molar-refractivity contribution is 0.381. The van der Waals surface area contributed by atoms with Gasteiger partial charge in [0.1, 0.15) is 0 Å². The summed E-state index contributed by atoms with van der Waals surface area (Å²) in [5.41, 5.74) is 7.36. The number of nitrogens with zero attached hydrogens (tertiary/aromatic N) is 1. The van der Waals surface area contributed by atoms with E-state index in [9.17, 15) is 4.79 Å². The maximum atomic E-state index is 12.1. The Bertz CT molecular complexity index is 421. The van der Waals surface area contributed by atoms with Crippen LogP contribution in [0.3, 0.4) is 0 Å². The van der Waals surface area contributed by atoms with Crippen molar-refractivity contribution in [3.8, 4) is 0 Å². The van der Waals surface area contributed by atoms with Crippen LogP contribution in [0.25, 0.3) is 0 Å². The summed E-state index contributed by atoms with van der Waals surface area (Å²) < 4.78 is 1.86. The number of aromatic nitrogens is 1. The summed E-state index contributed by atoms with van der Waals surface area (Å²) in [6.07, 6.45) is 1.14. The van der Waals surface area contributed by atoms with Gasteiger partial charge in [0.15, 0.2) is 0 Å². The molecule has 1 heterocycles. The van der Waals surface area contributed by atoms with E-state index in [0.717, 1.165) is 18.7 Å². The molecule has 0 aliphatic heterocycles. The number of hydrogen-bond acceptors (Lipinski definition) is 2. The zero-order chi connectivity index (χ0) is 13.0. The molecule has 0 spiro atoms. The van der Waals surface area contributed by atoms with E-state index < -0.39 is 0 Å². The van der Waals surface area contributed by atoms with Gasteiger partial charge in [-0.3, -0.25) is 4.79 Å². The van der Waals surface area contributed by atoms with Crippen LogP contribution < -0.4 is 11.3 Å². The smallest absolute Gasteiger partial charge is 0.255 e. The van der Waals surface area contributed by atoms with Crippen LogP contribution in [0.1, 0.15) is 38.4 Å². The first-order valence-electron chi connectivity index (χ1n) is 6.35. The number of nitrogens with two attached hydrogens (primary N) is 1. The highest BCUT2D eigenvalue weighted by molar-refractivity contribution is 5.15.